The van der Waals surface area contributed by atoms with Crippen LogP contribution in [-0.2, 0) is 10.1 Å². The summed E-state index contributed by atoms with van der Waals surface area (Å²) in [7, 11) is 0. The predicted octanol–water partition coefficient (Wildman–Crippen LogP) is 3.74. The Bertz CT molecular complexity index is 429. The summed E-state index contributed by atoms with van der Waals surface area (Å²) in [6.07, 6.45) is -2.73. The quantitative estimate of drug-likeness (QED) is 0.480. The Morgan fingerprint density at radius 2 is 2.29 bits per heavy atom. The third kappa shape index (κ3) is 3.35. The van der Waals surface area contributed by atoms with Gasteiger partial charge in [-0.25, -0.2) is 18.6 Å². The first-order chi connectivity index (χ1) is 8.01. The number of pyridine rings is 1. The molecule has 7 heteroatoms. The maximum Gasteiger partial charge on any atom is 0.357 e. The second-order valence-electron chi connectivity index (χ2n) is 3.02. The highest BCUT2D eigenvalue weighted by Crippen LogP contribution is 2.29. The molecule has 0 N–H and O–H groups in total. The molecule has 1 aromatic rings. The van der Waals surface area contributed by atoms with E-state index < -0.39 is 12.4 Å². The van der Waals surface area contributed by atoms with Crippen LogP contribution in [0, 0.1) is 0 Å². The molecule has 1 heterocycles. The molecule has 0 bridgehead atoms. The maximum absolute atomic E-state index is 12.8. The molecule has 0 radical (unpaired) electrons. The topological polar surface area (TPSA) is 39.2 Å². The van der Waals surface area contributed by atoms with Crippen LogP contribution in [0.15, 0.2) is 6.07 Å². The van der Waals surface area contributed by atoms with E-state index in [0.29, 0.717) is 0 Å². The Balaban J connectivity index is 3.32. The summed E-state index contributed by atoms with van der Waals surface area (Å²) in [6, 6.07) is 1.05. The number of hydrogen-bond donors (Lipinski definition) is 0. The molecule has 94 valence electrons. The molecule has 1 aromatic heterocycles. The first kappa shape index (κ1) is 14.3. The number of carbonyl (C=O) groups excluding carboxylic acids is 1. The second-order valence-corrected chi connectivity index (χ2v) is 3.96. The highest BCUT2D eigenvalue weighted by molar-refractivity contribution is 9.08. The van der Waals surface area contributed by atoms with Crippen LogP contribution in [0.2, 0.25) is 5.15 Å². The monoisotopic (exact) mass is 327 g/mol. The van der Waals surface area contributed by atoms with E-state index in [9.17, 15) is 13.6 Å². The predicted molar refractivity (Wildman–Crippen MR) is 62.8 cm³/mol. The van der Waals surface area contributed by atoms with Crippen LogP contribution in [0.3, 0.4) is 0 Å². The van der Waals surface area contributed by atoms with Crippen molar-refractivity contribution in [2.24, 2.45) is 0 Å². The van der Waals surface area contributed by atoms with Crippen LogP contribution in [0.4, 0.5) is 8.78 Å². The molecule has 0 unspecified atom stereocenters. The molecule has 0 aromatic carbocycles. The molecule has 0 atom stereocenters. The number of halogens is 4. The molecule has 3 nitrogen and oxygen atoms in total. The maximum atomic E-state index is 12.8. The molecular formula is C10H9BrClF2NO2. The first-order valence-electron chi connectivity index (χ1n) is 4.71. The third-order valence-corrected chi connectivity index (χ3v) is 2.72. The van der Waals surface area contributed by atoms with Crippen LogP contribution in [-0.4, -0.2) is 17.6 Å². The number of nitrogens with zero attached hydrogens (tertiary/aromatic N) is 1. The van der Waals surface area contributed by atoms with Crippen molar-refractivity contribution in [1.29, 1.82) is 0 Å². The minimum absolute atomic E-state index is 0.0744. The summed E-state index contributed by atoms with van der Waals surface area (Å²) in [5, 5.41) is -0.0848. The molecule has 0 aliphatic carbocycles. The number of carbonyl (C=O) groups is 1. The fourth-order valence-electron chi connectivity index (χ4n) is 1.26. The van der Waals surface area contributed by atoms with E-state index in [0.717, 1.165) is 6.07 Å². The Hall–Kier alpha value is -0.750. The number of rotatable bonds is 4. The zero-order valence-corrected chi connectivity index (χ0v) is 11.2. The largest absolute Gasteiger partial charge is 0.461 e. The second kappa shape index (κ2) is 6.26. The summed E-state index contributed by atoms with van der Waals surface area (Å²) in [6.45, 7) is 1.75. The molecule has 0 fully saturated rings. The van der Waals surface area contributed by atoms with Gasteiger partial charge in [-0.3, -0.25) is 0 Å². The number of alkyl halides is 3. The lowest BCUT2D eigenvalue weighted by Crippen LogP contribution is -2.12. The smallest absolute Gasteiger partial charge is 0.357 e. The summed E-state index contributed by atoms with van der Waals surface area (Å²) >= 11 is 8.65. The summed E-state index contributed by atoms with van der Waals surface area (Å²) < 4.78 is 30.3. The lowest BCUT2D eigenvalue weighted by Gasteiger charge is -2.11. The SMILES string of the molecule is CCOC(=O)c1nc(Cl)cc(C(F)F)c1CBr. The van der Waals surface area contributed by atoms with Gasteiger partial charge in [0.1, 0.15) is 5.15 Å². The van der Waals surface area contributed by atoms with E-state index in [1.807, 2.05) is 0 Å². The van der Waals surface area contributed by atoms with Crippen LogP contribution >= 0.6 is 27.5 Å². The number of ether oxygens (including phenoxy) is 1. The van der Waals surface area contributed by atoms with Crippen molar-refractivity contribution in [2.75, 3.05) is 6.61 Å². The molecular weight excluding hydrogens is 319 g/mol. The third-order valence-electron chi connectivity index (χ3n) is 1.97. The average molecular weight is 329 g/mol. The van der Waals surface area contributed by atoms with E-state index in [1.165, 1.54) is 0 Å². The van der Waals surface area contributed by atoms with Crippen molar-refractivity contribution in [3.8, 4) is 0 Å². The highest BCUT2D eigenvalue weighted by Gasteiger charge is 2.22. The van der Waals surface area contributed by atoms with Crippen LogP contribution in [0.25, 0.3) is 0 Å². The molecule has 0 spiro atoms. The van der Waals surface area contributed by atoms with Gasteiger partial charge < -0.3 is 4.74 Å². The molecule has 0 aliphatic heterocycles. The van der Waals surface area contributed by atoms with Gasteiger partial charge in [0.15, 0.2) is 5.69 Å². The Labute approximate surface area is 110 Å². The van der Waals surface area contributed by atoms with Crippen molar-refractivity contribution in [1.82, 2.24) is 4.98 Å². The van der Waals surface area contributed by atoms with Gasteiger partial charge in [-0.15, -0.1) is 0 Å². The molecule has 17 heavy (non-hydrogen) atoms. The molecule has 0 amide bonds. The Morgan fingerprint density at radius 3 is 2.76 bits per heavy atom. The lowest BCUT2D eigenvalue weighted by molar-refractivity contribution is 0.0518. The standard InChI is InChI=1S/C10H9BrClF2NO2/c1-2-17-10(16)8-6(4-11)5(9(13)14)3-7(12)15-8/h3,9H,2,4H2,1H3. The van der Waals surface area contributed by atoms with E-state index >= 15 is 0 Å². The van der Waals surface area contributed by atoms with Crippen LogP contribution < -0.4 is 0 Å². The van der Waals surface area contributed by atoms with E-state index in [2.05, 4.69) is 20.9 Å². The highest BCUT2D eigenvalue weighted by atomic mass is 79.9. The fraction of sp³-hybridized carbons (Fsp3) is 0.400. The van der Waals surface area contributed by atoms with Gasteiger partial charge in [-0.2, -0.15) is 0 Å². The molecule has 0 aliphatic rings. The zero-order chi connectivity index (χ0) is 13.0. The van der Waals surface area contributed by atoms with E-state index in [-0.39, 0.29) is 33.9 Å². The van der Waals surface area contributed by atoms with Crippen molar-refractivity contribution in [2.45, 2.75) is 18.7 Å². The summed E-state index contributed by atoms with van der Waals surface area (Å²) in [5.41, 5.74) is -0.390. The van der Waals surface area contributed by atoms with Crippen LogP contribution in [0.5, 0.6) is 0 Å². The fourth-order valence-corrected chi connectivity index (χ4v) is 2.05. The van der Waals surface area contributed by atoms with E-state index in [4.69, 9.17) is 16.3 Å². The summed E-state index contributed by atoms with van der Waals surface area (Å²) in [4.78, 5) is 15.3. The minimum Gasteiger partial charge on any atom is -0.461 e. The van der Waals surface area contributed by atoms with Gasteiger partial charge in [0, 0.05) is 16.5 Å². The average Bonchev–Trinajstić information content (AvgIpc) is 2.28. The van der Waals surface area contributed by atoms with Gasteiger partial charge in [0.25, 0.3) is 6.43 Å². The van der Waals surface area contributed by atoms with Crippen molar-refractivity contribution < 1.29 is 18.3 Å². The zero-order valence-electron chi connectivity index (χ0n) is 8.84. The first-order valence-corrected chi connectivity index (χ1v) is 6.21. The van der Waals surface area contributed by atoms with Gasteiger partial charge in [-0.05, 0) is 13.0 Å². The van der Waals surface area contributed by atoms with Gasteiger partial charge in [-0.1, -0.05) is 27.5 Å². The lowest BCUT2D eigenvalue weighted by atomic mass is 10.1. The van der Waals surface area contributed by atoms with Crippen molar-refractivity contribution in [3.63, 3.8) is 0 Å². The Kier molecular flexibility index (Phi) is 5.27. The van der Waals surface area contributed by atoms with E-state index in [1.54, 1.807) is 6.92 Å². The van der Waals surface area contributed by atoms with Gasteiger partial charge in [0.2, 0.25) is 0 Å². The van der Waals surface area contributed by atoms with Crippen molar-refractivity contribution in [3.05, 3.63) is 28.0 Å². The van der Waals surface area contributed by atoms with Gasteiger partial charge >= 0.3 is 5.97 Å². The van der Waals surface area contributed by atoms with Crippen LogP contribution in [0.1, 0.15) is 35.0 Å². The van der Waals surface area contributed by atoms with Gasteiger partial charge in [0.05, 0.1) is 6.61 Å². The molecule has 1 rings (SSSR count). The summed E-state index contributed by atoms with van der Waals surface area (Å²) in [5.74, 6) is -0.758. The van der Waals surface area contributed by atoms with Crippen molar-refractivity contribution >= 4 is 33.5 Å². The molecule has 0 saturated carbocycles. The number of hydrogen-bond acceptors (Lipinski definition) is 3. The molecule has 0 saturated heterocycles. The number of aromatic nitrogens is 1. The minimum atomic E-state index is -2.73. The number of esters is 1. The normalized spacial score (nSPS) is 10.7. The Morgan fingerprint density at radius 1 is 1.65 bits per heavy atom.